The highest BCUT2D eigenvalue weighted by atomic mass is 16.5. The second-order valence-corrected chi connectivity index (χ2v) is 4.70. The molecular formula is C15H21NO2. The van der Waals surface area contributed by atoms with E-state index < -0.39 is 0 Å². The van der Waals surface area contributed by atoms with Crippen LogP contribution in [0.3, 0.4) is 0 Å². The smallest absolute Gasteiger partial charge is 0.134 e. The summed E-state index contributed by atoms with van der Waals surface area (Å²) in [5.41, 5.74) is 8.24. The van der Waals surface area contributed by atoms with E-state index in [-0.39, 0.29) is 6.04 Å². The van der Waals surface area contributed by atoms with E-state index in [1.807, 2.05) is 18.2 Å². The lowest BCUT2D eigenvalue weighted by atomic mass is 10.1. The number of rotatable bonds is 6. The van der Waals surface area contributed by atoms with Crippen molar-refractivity contribution < 1.29 is 9.15 Å². The monoisotopic (exact) mass is 247 g/mol. The van der Waals surface area contributed by atoms with Crippen LogP contribution in [0.2, 0.25) is 0 Å². The Morgan fingerprint density at radius 2 is 2.11 bits per heavy atom. The lowest BCUT2D eigenvalue weighted by Gasteiger charge is -2.08. The summed E-state index contributed by atoms with van der Waals surface area (Å²) in [6.45, 7) is 5.66. The van der Waals surface area contributed by atoms with Crippen molar-refractivity contribution in [2.45, 2.75) is 32.7 Å². The maximum Gasteiger partial charge on any atom is 0.134 e. The maximum atomic E-state index is 6.11. The molecule has 18 heavy (non-hydrogen) atoms. The number of hydrogen-bond donors (Lipinski definition) is 1. The molecule has 0 saturated carbocycles. The summed E-state index contributed by atoms with van der Waals surface area (Å²) in [7, 11) is 0. The summed E-state index contributed by atoms with van der Waals surface area (Å²) < 4.78 is 11.2. The molecule has 1 aromatic carbocycles. The highest BCUT2D eigenvalue weighted by molar-refractivity contribution is 5.78. The average molecular weight is 247 g/mol. The van der Waals surface area contributed by atoms with Gasteiger partial charge in [0.05, 0.1) is 6.04 Å². The van der Waals surface area contributed by atoms with Gasteiger partial charge in [0.2, 0.25) is 0 Å². The van der Waals surface area contributed by atoms with Gasteiger partial charge in [-0.2, -0.15) is 0 Å². The van der Waals surface area contributed by atoms with Gasteiger partial charge < -0.3 is 14.9 Å². The molecule has 3 heteroatoms. The van der Waals surface area contributed by atoms with E-state index >= 15 is 0 Å². The Kier molecular flexibility index (Phi) is 4.39. The lowest BCUT2D eigenvalue weighted by molar-refractivity contribution is 0.126. The van der Waals surface area contributed by atoms with Crippen LogP contribution in [0.15, 0.2) is 28.7 Å². The topological polar surface area (TPSA) is 48.4 Å². The summed E-state index contributed by atoms with van der Waals surface area (Å²) in [6, 6.07) is 8.10. The third-order valence-corrected chi connectivity index (χ3v) is 2.98. The van der Waals surface area contributed by atoms with Gasteiger partial charge in [0, 0.05) is 18.6 Å². The third-order valence-electron chi connectivity index (χ3n) is 2.98. The van der Waals surface area contributed by atoms with Crippen molar-refractivity contribution in [1.82, 2.24) is 0 Å². The lowest BCUT2D eigenvalue weighted by Crippen LogP contribution is -2.12. The van der Waals surface area contributed by atoms with Crippen molar-refractivity contribution in [3.63, 3.8) is 0 Å². The van der Waals surface area contributed by atoms with Crippen molar-refractivity contribution in [3.8, 4) is 0 Å². The highest BCUT2D eigenvalue weighted by Gasteiger charge is 2.11. The maximum absolute atomic E-state index is 6.11. The zero-order chi connectivity index (χ0) is 13.0. The summed E-state index contributed by atoms with van der Waals surface area (Å²) in [6.07, 6.45) is 1.83. The molecule has 1 atom stereocenters. The Morgan fingerprint density at radius 3 is 2.89 bits per heavy atom. The Hall–Kier alpha value is -1.32. The van der Waals surface area contributed by atoms with Crippen LogP contribution in [0.1, 0.15) is 37.1 Å². The molecular weight excluding hydrogens is 226 g/mol. The Morgan fingerprint density at radius 1 is 1.28 bits per heavy atom. The van der Waals surface area contributed by atoms with Gasteiger partial charge in [-0.3, -0.25) is 0 Å². The third kappa shape index (κ3) is 3.12. The van der Waals surface area contributed by atoms with E-state index in [2.05, 4.69) is 19.9 Å². The normalized spacial score (nSPS) is 13.1. The summed E-state index contributed by atoms with van der Waals surface area (Å²) in [4.78, 5) is 0. The molecule has 0 aliphatic heterocycles. The molecule has 98 valence electrons. The number of nitrogens with two attached hydrogens (primary N) is 1. The van der Waals surface area contributed by atoms with Gasteiger partial charge in [0.1, 0.15) is 11.3 Å². The molecule has 0 radical (unpaired) electrons. The predicted octanol–water partition coefficient (Wildman–Crippen LogP) is 3.56. The molecule has 0 amide bonds. The van der Waals surface area contributed by atoms with Crippen molar-refractivity contribution in [2.75, 3.05) is 13.2 Å². The van der Waals surface area contributed by atoms with Crippen LogP contribution in [-0.4, -0.2) is 13.2 Å². The number of furan rings is 1. The molecule has 0 aliphatic rings. The largest absolute Gasteiger partial charge is 0.459 e. The van der Waals surface area contributed by atoms with Gasteiger partial charge in [-0.05, 0) is 38.0 Å². The van der Waals surface area contributed by atoms with Crippen LogP contribution in [-0.2, 0) is 4.74 Å². The van der Waals surface area contributed by atoms with Crippen molar-refractivity contribution >= 4 is 11.0 Å². The highest BCUT2D eigenvalue weighted by Crippen LogP contribution is 2.25. The molecule has 2 rings (SSSR count). The zero-order valence-electron chi connectivity index (χ0n) is 11.1. The molecule has 0 spiro atoms. The zero-order valence-corrected chi connectivity index (χ0v) is 11.1. The molecule has 2 aromatic rings. The van der Waals surface area contributed by atoms with Gasteiger partial charge in [0.25, 0.3) is 0 Å². The van der Waals surface area contributed by atoms with E-state index in [0.717, 1.165) is 36.2 Å². The van der Waals surface area contributed by atoms with Gasteiger partial charge in [-0.15, -0.1) is 0 Å². The predicted molar refractivity (Wildman–Crippen MR) is 73.6 cm³/mol. The first-order chi connectivity index (χ1) is 8.70. The van der Waals surface area contributed by atoms with Crippen molar-refractivity contribution in [1.29, 1.82) is 0 Å². The minimum atomic E-state index is -0.0884. The minimum Gasteiger partial charge on any atom is -0.459 e. The van der Waals surface area contributed by atoms with Crippen LogP contribution in [0.25, 0.3) is 11.0 Å². The Labute approximate surface area is 108 Å². The molecule has 1 aromatic heterocycles. The SMILES string of the molecule is CCCOCCC(N)c1cc2cc(C)ccc2o1. The van der Waals surface area contributed by atoms with Crippen LogP contribution in [0, 0.1) is 6.92 Å². The number of ether oxygens (including phenoxy) is 1. The Balaban J connectivity index is 2.01. The number of hydrogen-bond acceptors (Lipinski definition) is 3. The molecule has 0 aliphatic carbocycles. The molecule has 1 heterocycles. The molecule has 0 fully saturated rings. The molecule has 3 nitrogen and oxygen atoms in total. The molecule has 1 unspecified atom stereocenters. The van der Waals surface area contributed by atoms with Gasteiger partial charge in [-0.1, -0.05) is 18.6 Å². The first kappa shape index (κ1) is 13.1. The Bertz CT molecular complexity index is 504. The van der Waals surface area contributed by atoms with Crippen LogP contribution >= 0.6 is 0 Å². The molecule has 0 bridgehead atoms. The van der Waals surface area contributed by atoms with E-state index in [1.54, 1.807) is 0 Å². The van der Waals surface area contributed by atoms with E-state index in [4.69, 9.17) is 14.9 Å². The fourth-order valence-corrected chi connectivity index (χ4v) is 1.97. The quantitative estimate of drug-likeness (QED) is 0.794. The van der Waals surface area contributed by atoms with Crippen LogP contribution < -0.4 is 5.73 Å². The number of fused-ring (bicyclic) bond motifs is 1. The number of aryl methyl sites for hydroxylation is 1. The summed E-state index contributed by atoms with van der Waals surface area (Å²) >= 11 is 0. The van der Waals surface area contributed by atoms with E-state index in [0.29, 0.717) is 6.61 Å². The van der Waals surface area contributed by atoms with Crippen LogP contribution in [0.5, 0.6) is 0 Å². The standard InChI is InChI=1S/C15H21NO2/c1-3-7-17-8-6-13(16)15-10-12-9-11(2)4-5-14(12)18-15/h4-5,9-10,13H,3,6-8,16H2,1-2H3. The minimum absolute atomic E-state index is 0.0884. The second-order valence-electron chi connectivity index (χ2n) is 4.70. The van der Waals surface area contributed by atoms with Crippen molar-refractivity contribution in [2.24, 2.45) is 5.73 Å². The van der Waals surface area contributed by atoms with Crippen molar-refractivity contribution in [3.05, 3.63) is 35.6 Å². The molecule has 0 saturated heterocycles. The van der Waals surface area contributed by atoms with E-state index in [9.17, 15) is 0 Å². The van der Waals surface area contributed by atoms with Gasteiger partial charge in [-0.25, -0.2) is 0 Å². The first-order valence-electron chi connectivity index (χ1n) is 6.54. The number of benzene rings is 1. The fourth-order valence-electron chi connectivity index (χ4n) is 1.97. The van der Waals surface area contributed by atoms with Gasteiger partial charge in [0.15, 0.2) is 0 Å². The van der Waals surface area contributed by atoms with Crippen LogP contribution in [0.4, 0.5) is 0 Å². The summed E-state index contributed by atoms with van der Waals surface area (Å²) in [5.74, 6) is 0.843. The molecule has 2 N–H and O–H groups in total. The first-order valence-corrected chi connectivity index (χ1v) is 6.54. The van der Waals surface area contributed by atoms with E-state index in [1.165, 1.54) is 5.56 Å². The summed E-state index contributed by atoms with van der Waals surface area (Å²) in [5, 5.41) is 1.12. The average Bonchev–Trinajstić information content (AvgIpc) is 2.77. The van der Waals surface area contributed by atoms with Gasteiger partial charge >= 0.3 is 0 Å². The second kappa shape index (κ2) is 6.03. The fraction of sp³-hybridized carbons (Fsp3) is 0.467.